The molecule has 0 aliphatic carbocycles. The molecule has 0 bridgehead atoms. The molecule has 1 heterocycles. The highest BCUT2D eigenvalue weighted by atomic mass is 35.5. The molecule has 0 aliphatic heterocycles. The smallest absolute Gasteiger partial charge is 0.313 e. The Bertz CT molecular complexity index is 956. The van der Waals surface area contributed by atoms with Crippen LogP contribution in [-0.2, 0) is 6.18 Å². The van der Waals surface area contributed by atoms with Crippen molar-refractivity contribution in [3.05, 3.63) is 58.2 Å². The largest absolute Gasteiger partial charge is 0.416 e. The van der Waals surface area contributed by atoms with Crippen LogP contribution in [0.5, 0.6) is 0 Å². The van der Waals surface area contributed by atoms with Gasteiger partial charge in [-0.25, -0.2) is 0 Å². The van der Waals surface area contributed by atoms with Gasteiger partial charge in [-0.15, -0.1) is 0 Å². The van der Waals surface area contributed by atoms with E-state index in [2.05, 4.69) is 0 Å². The van der Waals surface area contributed by atoms with Gasteiger partial charge in [0, 0.05) is 16.5 Å². The molecule has 1 aromatic heterocycles. The summed E-state index contributed by atoms with van der Waals surface area (Å²) in [4.78, 5) is 0.375. The lowest BCUT2D eigenvalue weighted by atomic mass is 10.2. The summed E-state index contributed by atoms with van der Waals surface area (Å²) >= 11 is 23.6. The summed E-state index contributed by atoms with van der Waals surface area (Å²) in [5, 5.41) is 0.184. The second-order valence-electron chi connectivity index (χ2n) is 5.21. The fourth-order valence-corrected chi connectivity index (χ4v) is 4.36. The molecule has 3 rings (SSSR count). The number of rotatable bonds is 3. The Balaban J connectivity index is 2.24. The number of hydrogen-bond donors (Lipinski definition) is 0. The fraction of sp³-hybridized carbons (Fsp3) is 0.125. The van der Waals surface area contributed by atoms with E-state index in [0.717, 1.165) is 12.1 Å². The molecule has 0 saturated carbocycles. The van der Waals surface area contributed by atoms with Gasteiger partial charge in [0.1, 0.15) is 0 Å². The molecule has 3 aromatic rings. The first-order chi connectivity index (χ1) is 12.0. The lowest BCUT2D eigenvalue weighted by Gasteiger charge is -2.14. The molecule has 2 aromatic carbocycles. The monoisotopic (exact) mass is 461 g/mol. The zero-order valence-corrected chi connectivity index (χ0v) is 16.3. The van der Waals surface area contributed by atoms with Crippen molar-refractivity contribution in [3.63, 3.8) is 0 Å². The topological polar surface area (TPSA) is 4.93 Å². The van der Waals surface area contributed by atoms with Gasteiger partial charge in [0.25, 0.3) is 0 Å². The van der Waals surface area contributed by atoms with Crippen LogP contribution in [0.15, 0.2) is 47.5 Å². The van der Waals surface area contributed by atoms with E-state index in [1.165, 1.54) is 10.8 Å². The third-order valence-electron chi connectivity index (χ3n) is 3.49. The highest BCUT2D eigenvalue weighted by molar-refractivity contribution is 8.03. The Hall–Kier alpha value is -0.790. The Morgan fingerprint density at radius 2 is 1.50 bits per heavy atom. The minimum absolute atomic E-state index is 0.137. The highest BCUT2D eigenvalue weighted by Crippen LogP contribution is 2.46. The molecule has 0 unspecified atom stereocenters. The standard InChI is InChI=1S/C16H7Cl4F4NS/c17-10-5-8(15(21,22)23)6-11(18)14(10)25-7-13(26-16(19,20)24)9-3-1-2-4-12(9)25/h1-7H. The van der Waals surface area contributed by atoms with E-state index in [9.17, 15) is 17.6 Å². The zero-order valence-electron chi connectivity index (χ0n) is 12.4. The molecule has 1 nitrogen and oxygen atoms in total. The fourth-order valence-electron chi connectivity index (χ4n) is 2.50. The van der Waals surface area contributed by atoms with Crippen molar-refractivity contribution in [2.24, 2.45) is 0 Å². The van der Waals surface area contributed by atoms with E-state index in [4.69, 9.17) is 46.4 Å². The van der Waals surface area contributed by atoms with Crippen LogP contribution in [0, 0.1) is 0 Å². The minimum atomic E-state index is -4.59. The summed E-state index contributed by atoms with van der Waals surface area (Å²) in [5.41, 5.74) is -0.277. The number of para-hydroxylation sites is 1. The van der Waals surface area contributed by atoms with Crippen molar-refractivity contribution >= 4 is 69.1 Å². The molecule has 0 atom stereocenters. The van der Waals surface area contributed by atoms with Crippen molar-refractivity contribution in [2.75, 3.05) is 0 Å². The SMILES string of the molecule is FC(Cl)(Cl)Sc1cn(-c2c(Cl)cc(C(F)(F)F)cc2Cl)c2ccccc12. The molecule has 10 heteroatoms. The molecule has 0 fully saturated rings. The van der Waals surface area contributed by atoms with Crippen molar-refractivity contribution in [3.8, 4) is 5.69 Å². The van der Waals surface area contributed by atoms with Gasteiger partial charge in [0.15, 0.2) is 0 Å². The number of hydrogen-bond acceptors (Lipinski definition) is 1. The molecule has 0 saturated heterocycles. The van der Waals surface area contributed by atoms with Crippen LogP contribution in [0.3, 0.4) is 0 Å². The van der Waals surface area contributed by atoms with E-state index in [1.807, 2.05) is 0 Å². The first-order valence-corrected chi connectivity index (χ1v) is 9.22. The van der Waals surface area contributed by atoms with Crippen LogP contribution < -0.4 is 0 Å². The normalized spacial score (nSPS) is 12.8. The van der Waals surface area contributed by atoms with Crippen LogP contribution >= 0.6 is 58.2 Å². The summed E-state index contributed by atoms with van der Waals surface area (Å²) in [5.74, 6) is 0. The summed E-state index contributed by atoms with van der Waals surface area (Å²) < 4.78 is 51.3. The third-order valence-corrected chi connectivity index (χ3v) is 5.30. The third kappa shape index (κ3) is 4.04. The van der Waals surface area contributed by atoms with Crippen LogP contribution in [0.4, 0.5) is 17.6 Å². The zero-order chi connectivity index (χ0) is 19.3. The van der Waals surface area contributed by atoms with E-state index in [0.29, 0.717) is 27.6 Å². The minimum Gasteiger partial charge on any atom is -0.313 e. The number of fused-ring (bicyclic) bond motifs is 1. The van der Waals surface area contributed by atoms with Gasteiger partial charge in [-0.2, -0.15) is 17.6 Å². The second-order valence-corrected chi connectivity index (χ2v) is 8.92. The number of alkyl halides is 6. The molecule has 0 N–H and O–H groups in total. The summed E-state index contributed by atoms with van der Waals surface area (Å²) in [7, 11) is 0. The van der Waals surface area contributed by atoms with E-state index < -0.39 is 15.7 Å². The van der Waals surface area contributed by atoms with Crippen LogP contribution in [0.1, 0.15) is 5.56 Å². The maximum Gasteiger partial charge on any atom is 0.416 e. The Morgan fingerprint density at radius 3 is 2.04 bits per heavy atom. The second kappa shape index (κ2) is 6.99. The van der Waals surface area contributed by atoms with E-state index in [-0.39, 0.29) is 15.7 Å². The Kier molecular flexibility index (Phi) is 5.36. The van der Waals surface area contributed by atoms with Gasteiger partial charge in [-0.3, -0.25) is 0 Å². The van der Waals surface area contributed by atoms with Gasteiger partial charge < -0.3 is 4.57 Å². The number of benzene rings is 2. The molecule has 138 valence electrons. The van der Waals surface area contributed by atoms with Crippen LogP contribution in [-0.4, -0.2) is 8.49 Å². The lowest BCUT2D eigenvalue weighted by Crippen LogP contribution is -2.06. The molecule has 0 radical (unpaired) electrons. The molecular formula is C16H7Cl4F4NS. The van der Waals surface area contributed by atoms with Crippen molar-refractivity contribution in [1.29, 1.82) is 0 Å². The number of halogens is 8. The van der Waals surface area contributed by atoms with Gasteiger partial charge in [0.05, 0.1) is 26.8 Å². The van der Waals surface area contributed by atoms with Gasteiger partial charge in [0.2, 0.25) is 0 Å². The summed E-state index contributed by atoms with van der Waals surface area (Å²) in [6.45, 7) is 0. The number of aromatic nitrogens is 1. The molecule has 0 aliphatic rings. The first kappa shape index (κ1) is 20.0. The van der Waals surface area contributed by atoms with Crippen LogP contribution in [0.2, 0.25) is 10.0 Å². The molecule has 0 spiro atoms. The summed E-state index contributed by atoms with van der Waals surface area (Å²) in [6, 6.07) is 8.38. The van der Waals surface area contributed by atoms with Gasteiger partial charge >= 0.3 is 10.1 Å². The summed E-state index contributed by atoms with van der Waals surface area (Å²) in [6.07, 6.45) is -3.12. The van der Waals surface area contributed by atoms with Crippen molar-refractivity contribution in [1.82, 2.24) is 4.57 Å². The quantitative estimate of drug-likeness (QED) is 0.216. The van der Waals surface area contributed by atoms with Crippen LogP contribution in [0.25, 0.3) is 16.6 Å². The van der Waals surface area contributed by atoms with Gasteiger partial charge in [-0.05, 0) is 18.2 Å². The van der Waals surface area contributed by atoms with E-state index in [1.54, 1.807) is 24.3 Å². The first-order valence-electron chi connectivity index (χ1n) is 6.90. The predicted octanol–water partition coefficient (Wildman–Crippen LogP) is 8.11. The highest BCUT2D eigenvalue weighted by Gasteiger charge is 2.32. The molecular weight excluding hydrogens is 456 g/mol. The van der Waals surface area contributed by atoms with Crippen molar-refractivity contribution < 1.29 is 17.6 Å². The maximum absolute atomic E-state index is 13.7. The van der Waals surface area contributed by atoms with Crippen molar-refractivity contribution in [2.45, 2.75) is 15.0 Å². The molecule has 26 heavy (non-hydrogen) atoms. The Labute approximate surface area is 169 Å². The average molecular weight is 463 g/mol. The number of thioether (sulfide) groups is 1. The Morgan fingerprint density at radius 1 is 0.923 bits per heavy atom. The average Bonchev–Trinajstić information content (AvgIpc) is 2.83. The maximum atomic E-state index is 13.7. The number of nitrogens with zero attached hydrogens (tertiary/aromatic N) is 1. The lowest BCUT2D eigenvalue weighted by molar-refractivity contribution is -0.137. The predicted molar refractivity (Wildman–Crippen MR) is 99.7 cm³/mol. The molecule has 0 amide bonds. The van der Waals surface area contributed by atoms with Gasteiger partial charge in [-0.1, -0.05) is 76.4 Å². The van der Waals surface area contributed by atoms with E-state index >= 15 is 0 Å².